The normalized spacial score (nSPS) is 15.8. The van der Waals surface area contributed by atoms with E-state index in [2.05, 4.69) is 0 Å². The van der Waals surface area contributed by atoms with E-state index in [4.69, 9.17) is 11.5 Å². The van der Waals surface area contributed by atoms with E-state index in [9.17, 15) is 13.2 Å². The second-order valence-electron chi connectivity index (χ2n) is 5.08. The summed E-state index contributed by atoms with van der Waals surface area (Å²) in [6, 6.07) is 3.47. The molecule has 18 heavy (non-hydrogen) atoms. The van der Waals surface area contributed by atoms with Gasteiger partial charge in [-0.25, -0.2) is 0 Å². The summed E-state index contributed by atoms with van der Waals surface area (Å²) >= 11 is 0. The lowest BCUT2D eigenvalue weighted by Crippen LogP contribution is -2.37. The van der Waals surface area contributed by atoms with Gasteiger partial charge < -0.3 is 11.5 Å². The van der Waals surface area contributed by atoms with Gasteiger partial charge >= 0.3 is 6.18 Å². The molecule has 1 aromatic rings. The Morgan fingerprint density at radius 2 is 1.78 bits per heavy atom. The van der Waals surface area contributed by atoms with Gasteiger partial charge in [-0.3, -0.25) is 0 Å². The maximum absolute atomic E-state index is 12.6. The van der Waals surface area contributed by atoms with Crippen molar-refractivity contribution in [3.63, 3.8) is 0 Å². The molecule has 0 aliphatic carbocycles. The minimum atomic E-state index is -4.37. The number of nitrogens with two attached hydrogens (primary N) is 2. The number of halogens is 3. The Morgan fingerprint density at radius 1 is 1.22 bits per heavy atom. The van der Waals surface area contributed by atoms with Crippen LogP contribution in [0.25, 0.3) is 0 Å². The van der Waals surface area contributed by atoms with Gasteiger partial charge in [0.2, 0.25) is 0 Å². The fourth-order valence-corrected chi connectivity index (χ4v) is 1.92. The maximum Gasteiger partial charge on any atom is 0.416 e. The maximum atomic E-state index is 12.6. The smallest absolute Gasteiger partial charge is 0.398 e. The number of rotatable bonds is 3. The second kappa shape index (κ2) is 4.80. The summed E-state index contributed by atoms with van der Waals surface area (Å²) < 4.78 is 37.7. The highest BCUT2D eigenvalue weighted by Crippen LogP contribution is 2.38. The molecule has 1 unspecified atom stereocenters. The highest BCUT2D eigenvalue weighted by Gasteiger charge is 2.34. The third kappa shape index (κ3) is 2.61. The van der Waals surface area contributed by atoms with E-state index in [1.165, 1.54) is 6.07 Å². The molecule has 0 aromatic heterocycles. The lowest BCUT2D eigenvalue weighted by molar-refractivity contribution is -0.137. The van der Waals surface area contributed by atoms with Crippen molar-refractivity contribution in [3.8, 4) is 0 Å². The number of alkyl halides is 3. The van der Waals surface area contributed by atoms with E-state index in [0.717, 1.165) is 12.1 Å². The van der Waals surface area contributed by atoms with Crippen LogP contribution < -0.4 is 11.5 Å². The Kier molecular flexibility index (Phi) is 3.96. The number of nitrogen functional groups attached to an aromatic ring is 1. The van der Waals surface area contributed by atoms with Gasteiger partial charge in [-0.2, -0.15) is 13.2 Å². The fourth-order valence-electron chi connectivity index (χ4n) is 1.92. The molecule has 1 atom stereocenters. The second-order valence-corrected chi connectivity index (χ2v) is 5.08. The van der Waals surface area contributed by atoms with E-state index < -0.39 is 17.2 Å². The molecule has 4 N–H and O–H groups in total. The van der Waals surface area contributed by atoms with Crippen LogP contribution >= 0.6 is 0 Å². The number of hydrogen-bond donors (Lipinski definition) is 2. The quantitative estimate of drug-likeness (QED) is 0.820. The van der Waals surface area contributed by atoms with Crippen molar-refractivity contribution >= 4 is 5.69 Å². The molecule has 0 aliphatic rings. The number of benzene rings is 1. The molecule has 0 saturated carbocycles. The topological polar surface area (TPSA) is 52.0 Å². The van der Waals surface area contributed by atoms with Gasteiger partial charge in [0.25, 0.3) is 0 Å². The van der Waals surface area contributed by atoms with Crippen molar-refractivity contribution in [1.82, 2.24) is 0 Å². The molecule has 0 fully saturated rings. The number of anilines is 1. The van der Waals surface area contributed by atoms with E-state index in [0.29, 0.717) is 12.1 Å². The van der Waals surface area contributed by atoms with Crippen molar-refractivity contribution in [1.29, 1.82) is 0 Å². The molecule has 1 aromatic carbocycles. The molecule has 0 radical (unpaired) electrons. The van der Waals surface area contributed by atoms with Gasteiger partial charge in [-0.1, -0.05) is 26.8 Å². The first-order chi connectivity index (χ1) is 8.13. The lowest BCUT2D eigenvalue weighted by Gasteiger charge is -2.34. The van der Waals surface area contributed by atoms with Crippen LogP contribution in [0.15, 0.2) is 18.2 Å². The van der Waals surface area contributed by atoms with Crippen LogP contribution in [-0.2, 0) is 11.6 Å². The standard InChI is InChI=1S/C13H19F3N2/c1-8(2)12(3,7-17)10-5-4-9(6-11(10)18)13(14,15)16/h4-6,8H,7,17-18H2,1-3H3. The summed E-state index contributed by atoms with van der Waals surface area (Å²) in [5.74, 6) is 0.182. The zero-order valence-electron chi connectivity index (χ0n) is 10.8. The van der Waals surface area contributed by atoms with Crippen LogP contribution in [0, 0.1) is 5.92 Å². The Balaban J connectivity index is 3.29. The molecule has 0 saturated heterocycles. The fraction of sp³-hybridized carbons (Fsp3) is 0.538. The third-order valence-corrected chi connectivity index (χ3v) is 3.69. The molecule has 2 nitrogen and oxygen atoms in total. The van der Waals surface area contributed by atoms with Crippen molar-refractivity contribution in [2.75, 3.05) is 12.3 Å². The van der Waals surface area contributed by atoms with Crippen LogP contribution in [0.1, 0.15) is 31.9 Å². The van der Waals surface area contributed by atoms with Crippen LogP contribution in [0.4, 0.5) is 18.9 Å². The van der Waals surface area contributed by atoms with Crippen molar-refractivity contribution < 1.29 is 13.2 Å². The first-order valence-electron chi connectivity index (χ1n) is 5.80. The Morgan fingerprint density at radius 3 is 2.11 bits per heavy atom. The van der Waals surface area contributed by atoms with E-state index in [-0.39, 0.29) is 11.6 Å². The minimum Gasteiger partial charge on any atom is -0.398 e. The largest absolute Gasteiger partial charge is 0.416 e. The molecular formula is C13H19F3N2. The summed E-state index contributed by atoms with van der Waals surface area (Å²) in [4.78, 5) is 0. The molecule has 1 rings (SSSR count). The molecular weight excluding hydrogens is 241 g/mol. The monoisotopic (exact) mass is 260 g/mol. The average Bonchev–Trinajstić information content (AvgIpc) is 2.26. The SMILES string of the molecule is CC(C)C(C)(CN)c1ccc(C(F)(F)F)cc1N. The molecule has 0 bridgehead atoms. The first-order valence-corrected chi connectivity index (χ1v) is 5.80. The van der Waals surface area contributed by atoms with Gasteiger partial charge in [0, 0.05) is 17.6 Å². The summed E-state index contributed by atoms with van der Waals surface area (Å²) in [6.07, 6.45) is -4.37. The molecule has 102 valence electrons. The van der Waals surface area contributed by atoms with Crippen LogP contribution in [0.2, 0.25) is 0 Å². The van der Waals surface area contributed by atoms with Crippen LogP contribution in [-0.4, -0.2) is 6.54 Å². The van der Waals surface area contributed by atoms with Gasteiger partial charge in [-0.15, -0.1) is 0 Å². The van der Waals surface area contributed by atoms with E-state index in [1.54, 1.807) is 0 Å². The van der Waals surface area contributed by atoms with Gasteiger partial charge in [-0.05, 0) is 23.6 Å². The predicted octanol–water partition coefficient (Wildman–Crippen LogP) is 3.16. The minimum absolute atomic E-state index is 0.145. The molecule has 0 aliphatic heterocycles. The van der Waals surface area contributed by atoms with Gasteiger partial charge in [0.1, 0.15) is 0 Å². The summed E-state index contributed by atoms with van der Waals surface area (Å²) in [5, 5.41) is 0. The molecule has 0 spiro atoms. The van der Waals surface area contributed by atoms with Crippen LogP contribution in [0.3, 0.4) is 0 Å². The Labute approximate surface area is 105 Å². The van der Waals surface area contributed by atoms with Crippen LogP contribution in [0.5, 0.6) is 0 Å². The number of hydrogen-bond acceptors (Lipinski definition) is 2. The lowest BCUT2D eigenvalue weighted by atomic mass is 9.72. The summed E-state index contributed by atoms with van der Waals surface area (Å²) in [7, 11) is 0. The molecule has 5 heteroatoms. The van der Waals surface area contributed by atoms with Gasteiger partial charge in [0.15, 0.2) is 0 Å². The molecule has 0 heterocycles. The Hall–Kier alpha value is -1.23. The average molecular weight is 260 g/mol. The molecule has 0 amide bonds. The third-order valence-electron chi connectivity index (χ3n) is 3.69. The highest BCUT2D eigenvalue weighted by atomic mass is 19.4. The van der Waals surface area contributed by atoms with E-state index >= 15 is 0 Å². The van der Waals surface area contributed by atoms with Crippen molar-refractivity contribution in [2.24, 2.45) is 11.7 Å². The van der Waals surface area contributed by atoms with Crippen molar-refractivity contribution in [3.05, 3.63) is 29.3 Å². The Bertz CT molecular complexity index is 427. The summed E-state index contributed by atoms with van der Waals surface area (Å²) in [5.41, 5.74) is 11.2. The first kappa shape index (κ1) is 14.8. The highest BCUT2D eigenvalue weighted by molar-refractivity contribution is 5.53. The zero-order chi connectivity index (χ0) is 14.1. The van der Waals surface area contributed by atoms with E-state index in [1.807, 2.05) is 20.8 Å². The summed E-state index contributed by atoms with van der Waals surface area (Å²) in [6.45, 7) is 6.20. The van der Waals surface area contributed by atoms with Gasteiger partial charge in [0.05, 0.1) is 5.56 Å². The van der Waals surface area contributed by atoms with Crippen molar-refractivity contribution in [2.45, 2.75) is 32.4 Å². The zero-order valence-corrected chi connectivity index (χ0v) is 10.8. The predicted molar refractivity (Wildman–Crippen MR) is 67.1 cm³/mol.